The van der Waals surface area contributed by atoms with Gasteiger partial charge in [-0.1, -0.05) is 188 Å². The fourth-order valence-corrected chi connectivity index (χ4v) is 6.21. The number of hydrogen-bond acceptors (Lipinski definition) is 5. The molecule has 0 rings (SSSR count). The number of hydrogen-bond donors (Lipinski definition) is 0. The third-order valence-corrected chi connectivity index (χ3v) is 9.79. The minimum absolute atomic E-state index is 0.0375. The van der Waals surface area contributed by atoms with Crippen LogP contribution in [-0.4, -0.2) is 37.9 Å². The molecule has 0 aliphatic heterocycles. The Labute approximate surface area is 370 Å². The number of carbonyl (C=O) groups is 2. The monoisotopic (exact) mass is 831 g/mol. The van der Waals surface area contributed by atoms with Crippen LogP contribution in [0.2, 0.25) is 0 Å². The van der Waals surface area contributed by atoms with Gasteiger partial charge in [0, 0.05) is 19.4 Å². The Morgan fingerprint density at radius 3 is 1.27 bits per heavy atom. The van der Waals surface area contributed by atoms with E-state index in [-0.39, 0.29) is 31.6 Å². The highest BCUT2D eigenvalue weighted by molar-refractivity contribution is 5.70. The molecule has 5 nitrogen and oxygen atoms in total. The highest BCUT2D eigenvalue weighted by Gasteiger charge is 2.17. The number of rotatable bonds is 43. The van der Waals surface area contributed by atoms with Gasteiger partial charge in [0.05, 0.1) is 6.61 Å². The Kier molecular flexibility index (Phi) is 47.1. The van der Waals surface area contributed by atoms with E-state index in [4.69, 9.17) is 14.2 Å². The maximum absolute atomic E-state index is 12.7. The predicted molar refractivity (Wildman–Crippen MR) is 260 cm³/mol. The van der Waals surface area contributed by atoms with Gasteiger partial charge < -0.3 is 14.2 Å². The van der Waals surface area contributed by atoms with Crippen molar-refractivity contribution >= 4 is 11.9 Å². The first-order valence-corrected chi connectivity index (χ1v) is 24.4. The number of allylic oxidation sites excluding steroid dienone is 18. The fraction of sp³-hybridized carbons (Fsp3) is 0.636. The van der Waals surface area contributed by atoms with E-state index >= 15 is 0 Å². The number of carbonyl (C=O) groups excluding carboxylic acids is 2. The standard InChI is InChI=1S/C55H90O5/c1-4-7-10-13-16-19-22-25-27-29-32-35-38-41-44-47-50-58-51-53(60-55(57)49-46-43-40-37-34-30-24-21-18-15-12-9-6-3)52-59-54(56)48-45-42-39-36-33-31-28-26-23-20-17-14-11-8-5-2/h7,9-10,12,16-21,25-28,30,34,40,43,53H,4-6,8,11,13-15,22-24,29,31-33,35-39,41-42,44-52H2,1-3H3/b10-7-,12-9-,19-16-,20-17-,21-18-,27-25-,28-26-,34-30-,43-40-. The van der Waals surface area contributed by atoms with Crippen molar-refractivity contribution < 1.29 is 23.8 Å². The van der Waals surface area contributed by atoms with Crippen LogP contribution in [0.4, 0.5) is 0 Å². The van der Waals surface area contributed by atoms with E-state index in [0.717, 1.165) is 96.3 Å². The van der Waals surface area contributed by atoms with Gasteiger partial charge in [-0.2, -0.15) is 0 Å². The topological polar surface area (TPSA) is 61.8 Å². The van der Waals surface area contributed by atoms with Crippen molar-refractivity contribution in [2.75, 3.05) is 19.8 Å². The highest BCUT2D eigenvalue weighted by Crippen LogP contribution is 2.11. The van der Waals surface area contributed by atoms with Gasteiger partial charge in [0.1, 0.15) is 6.61 Å². The molecule has 0 bridgehead atoms. The van der Waals surface area contributed by atoms with Crippen LogP contribution in [0.5, 0.6) is 0 Å². The van der Waals surface area contributed by atoms with Crippen molar-refractivity contribution in [2.24, 2.45) is 0 Å². The minimum Gasteiger partial charge on any atom is -0.462 e. The second-order valence-corrected chi connectivity index (χ2v) is 15.6. The van der Waals surface area contributed by atoms with Gasteiger partial charge >= 0.3 is 11.9 Å². The van der Waals surface area contributed by atoms with Gasteiger partial charge in [-0.3, -0.25) is 9.59 Å². The maximum atomic E-state index is 12.7. The van der Waals surface area contributed by atoms with Crippen LogP contribution in [0.3, 0.4) is 0 Å². The van der Waals surface area contributed by atoms with E-state index < -0.39 is 6.10 Å². The highest BCUT2D eigenvalue weighted by atomic mass is 16.6. The molecule has 1 atom stereocenters. The quantitative estimate of drug-likeness (QED) is 0.0348. The molecule has 0 saturated carbocycles. The van der Waals surface area contributed by atoms with Crippen LogP contribution < -0.4 is 0 Å². The van der Waals surface area contributed by atoms with Crippen LogP contribution >= 0.6 is 0 Å². The lowest BCUT2D eigenvalue weighted by atomic mass is 10.1. The van der Waals surface area contributed by atoms with Gasteiger partial charge in [-0.05, 0) is 109 Å². The Balaban J connectivity index is 4.42. The first-order valence-electron chi connectivity index (χ1n) is 24.4. The molecule has 0 aromatic rings. The molecular weight excluding hydrogens is 741 g/mol. The van der Waals surface area contributed by atoms with Crippen LogP contribution in [0, 0.1) is 0 Å². The van der Waals surface area contributed by atoms with Crippen molar-refractivity contribution in [1.29, 1.82) is 0 Å². The summed E-state index contributed by atoms with van der Waals surface area (Å²) in [7, 11) is 0. The third kappa shape index (κ3) is 47.2. The van der Waals surface area contributed by atoms with E-state index in [1.807, 2.05) is 6.08 Å². The van der Waals surface area contributed by atoms with Gasteiger partial charge in [-0.15, -0.1) is 0 Å². The zero-order valence-electron chi connectivity index (χ0n) is 38.9. The first kappa shape index (κ1) is 56.6. The summed E-state index contributed by atoms with van der Waals surface area (Å²) < 4.78 is 17.3. The summed E-state index contributed by atoms with van der Waals surface area (Å²) in [6.45, 7) is 7.44. The Bertz CT molecular complexity index is 1210. The molecular formula is C55H90O5. The van der Waals surface area contributed by atoms with Crippen molar-refractivity contribution in [3.8, 4) is 0 Å². The van der Waals surface area contributed by atoms with Gasteiger partial charge in [-0.25, -0.2) is 0 Å². The van der Waals surface area contributed by atoms with E-state index in [0.29, 0.717) is 19.4 Å². The largest absolute Gasteiger partial charge is 0.462 e. The minimum atomic E-state index is -0.593. The van der Waals surface area contributed by atoms with Crippen molar-refractivity contribution in [3.05, 3.63) is 109 Å². The van der Waals surface area contributed by atoms with Crippen molar-refractivity contribution in [1.82, 2.24) is 0 Å². The first-order chi connectivity index (χ1) is 29.6. The lowest BCUT2D eigenvalue weighted by Crippen LogP contribution is -2.30. The molecule has 0 aromatic heterocycles. The average molecular weight is 831 g/mol. The molecule has 1 unspecified atom stereocenters. The maximum Gasteiger partial charge on any atom is 0.306 e. The van der Waals surface area contributed by atoms with E-state index in [2.05, 4.69) is 124 Å². The number of ether oxygens (including phenoxy) is 3. The van der Waals surface area contributed by atoms with Crippen molar-refractivity contribution in [2.45, 2.75) is 207 Å². The SMILES string of the molecule is CC/C=C\C/C=C\C/C=C\C/C=C\CCC(=O)OC(COCCCCCCCC/C=C\C/C=C\C/C=C\CC)COC(=O)CCCCCCC/C=C\C/C=C\CCCCC. The third-order valence-electron chi connectivity index (χ3n) is 9.79. The number of unbranched alkanes of at least 4 members (excludes halogenated alkanes) is 14. The molecule has 0 fully saturated rings. The molecule has 0 aliphatic rings. The van der Waals surface area contributed by atoms with Crippen LogP contribution in [0.25, 0.3) is 0 Å². The molecule has 0 amide bonds. The second-order valence-electron chi connectivity index (χ2n) is 15.6. The molecule has 5 heteroatoms. The molecule has 0 N–H and O–H groups in total. The van der Waals surface area contributed by atoms with E-state index in [1.165, 1.54) is 64.2 Å². The smallest absolute Gasteiger partial charge is 0.306 e. The molecule has 0 aromatic carbocycles. The summed E-state index contributed by atoms with van der Waals surface area (Å²) in [5.41, 5.74) is 0. The molecule has 0 radical (unpaired) electrons. The predicted octanol–water partition coefficient (Wildman–Crippen LogP) is 16.4. The summed E-state index contributed by atoms with van der Waals surface area (Å²) in [4.78, 5) is 25.3. The zero-order chi connectivity index (χ0) is 43.5. The summed E-state index contributed by atoms with van der Waals surface area (Å²) in [6.07, 6.45) is 68.2. The van der Waals surface area contributed by atoms with Gasteiger partial charge in [0.2, 0.25) is 0 Å². The molecule has 0 spiro atoms. The second kappa shape index (κ2) is 49.9. The average Bonchev–Trinajstić information content (AvgIpc) is 3.25. The van der Waals surface area contributed by atoms with Gasteiger partial charge in [0.15, 0.2) is 6.10 Å². The Hall–Kier alpha value is -3.44. The lowest BCUT2D eigenvalue weighted by Gasteiger charge is -2.18. The Morgan fingerprint density at radius 1 is 0.383 bits per heavy atom. The Morgan fingerprint density at radius 2 is 0.783 bits per heavy atom. The van der Waals surface area contributed by atoms with Crippen LogP contribution in [-0.2, 0) is 23.8 Å². The normalized spacial score (nSPS) is 13.2. The van der Waals surface area contributed by atoms with Crippen LogP contribution in [0.1, 0.15) is 201 Å². The molecule has 0 heterocycles. The van der Waals surface area contributed by atoms with Crippen molar-refractivity contribution in [3.63, 3.8) is 0 Å². The molecule has 0 saturated heterocycles. The van der Waals surface area contributed by atoms with Gasteiger partial charge in [0.25, 0.3) is 0 Å². The number of esters is 2. The lowest BCUT2D eigenvalue weighted by molar-refractivity contribution is -0.162. The molecule has 60 heavy (non-hydrogen) atoms. The van der Waals surface area contributed by atoms with Crippen LogP contribution in [0.15, 0.2) is 109 Å². The van der Waals surface area contributed by atoms with E-state index in [9.17, 15) is 9.59 Å². The summed E-state index contributed by atoms with van der Waals surface area (Å²) in [6, 6.07) is 0. The molecule has 0 aliphatic carbocycles. The summed E-state index contributed by atoms with van der Waals surface area (Å²) in [5.74, 6) is -0.522. The zero-order valence-corrected chi connectivity index (χ0v) is 38.9. The summed E-state index contributed by atoms with van der Waals surface area (Å²) in [5, 5.41) is 0. The fourth-order valence-electron chi connectivity index (χ4n) is 6.21. The molecule has 340 valence electrons. The summed E-state index contributed by atoms with van der Waals surface area (Å²) >= 11 is 0. The van der Waals surface area contributed by atoms with E-state index in [1.54, 1.807) is 0 Å².